The molecule has 1 N–H and O–H groups in total. The van der Waals surface area contributed by atoms with Crippen LogP contribution in [-0.2, 0) is 17.6 Å². The van der Waals surface area contributed by atoms with Gasteiger partial charge in [0, 0.05) is 25.1 Å². The van der Waals surface area contributed by atoms with Crippen LogP contribution in [0, 0.1) is 6.92 Å². The molecule has 0 fully saturated rings. The number of amides is 1. The van der Waals surface area contributed by atoms with Gasteiger partial charge in [-0.1, -0.05) is 53.7 Å². The Labute approximate surface area is 185 Å². The smallest absolute Gasteiger partial charge is 0.279 e. The fourth-order valence-electron chi connectivity index (χ4n) is 3.77. The van der Waals surface area contributed by atoms with Gasteiger partial charge in [0.1, 0.15) is 11.6 Å². The second-order valence-electron chi connectivity index (χ2n) is 7.61. The van der Waals surface area contributed by atoms with E-state index in [-0.39, 0.29) is 23.8 Å². The molecule has 0 aliphatic carbocycles. The first-order chi connectivity index (χ1) is 15.0. The Morgan fingerprint density at radius 1 is 1.19 bits per heavy atom. The van der Waals surface area contributed by atoms with Crippen molar-refractivity contribution < 1.29 is 9.53 Å². The van der Waals surface area contributed by atoms with Crippen LogP contribution in [0.4, 0.5) is 5.82 Å². The minimum Gasteiger partial charge on any atom is -0.494 e. The highest BCUT2D eigenvalue weighted by Crippen LogP contribution is 2.37. The van der Waals surface area contributed by atoms with E-state index in [9.17, 15) is 9.59 Å². The van der Waals surface area contributed by atoms with Crippen LogP contribution < -0.4 is 15.6 Å². The molecule has 2 aromatic carbocycles. The van der Waals surface area contributed by atoms with E-state index in [4.69, 9.17) is 4.74 Å². The van der Waals surface area contributed by atoms with Gasteiger partial charge in [-0.2, -0.15) is 4.98 Å². The fourth-order valence-corrected chi connectivity index (χ4v) is 4.69. The Balaban J connectivity index is 1.69. The first kappa shape index (κ1) is 21.2. The third-order valence-electron chi connectivity index (χ3n) is 5.36. The number of benzene rings is 2. The first-order valence-corrected chi connectivity index (χ1v) is 11.3. The molecule has 7 heteroatoms. The van der Waals surface area contributed by atoms with Gasteiger partial charge < -0.3 is 14.6 Å². The normalized spacial score (nSPS) is 15.3. The zero-order valence-electron chi connectivity index (χ0n) is 17.8. The molecule has 0 radical (unpaired) electrons. The Hall–Kier alpha value is -3.06. The predicted molar refractivity (Wildman–Crippen MR) is 123 cm³/mol. The highest BCUT2D eigenvalue weighted by molar-refractivity contribution is 7.98. The summed E-state index contributed by atoms with van der Waals surface area (Å²) >= 11 is 1.48. The average molecular weight is 436 g/mol. The number of hydrogen-bond donors (Lipinski definition) is 1. The molecule has 31 heavy (non-hydrogen) atoms. The summed E-state index contributed by atoms with van der Waals surface area (Å²) in [5, 5.41) is 3.47. The molecule has 0 saturated carbocycles. The van der Waals surface area contributed by atoms with Gasteiger partial charge in [-0.05, 0) is 37.1 Å². The maximum Gasteiger partial charge on any atom is 0.279 e. The van der Waals surface area contributed by atoms with E-state index in [1.165, 1.54) is 17.3 Å². The molecule has 1 aliphatic rings. The number of nitrogens with zero attached hydrogens (tertiary/aromatic N) is 2. The van der Waals surface area contributed by atoms with Crippen molar-refractivity contribution in [3.8, 4) is 5.75 Å². The summed E-state index contributed by atoms with van der Waals surface area (Å²) in [6, 6.07) is 15.9. The summed E-state index contributed by atoms with van der Waals surface area (Å²) in [5.41, 5.74) is 3.45. The highest BCUT2D eigenvalue weighted by atomic mass is 32.2. The molecule has 160 valence electrons. The Morgan fingerprint density at radius 2 is 1.97 bits per heavy atom. The molecule has 3 aromatic rings. The number of ether oxygens (including phenoxy) is 1. The van der Waals surface area contributed by atoms with Crippen LogP contribution in [0.1, 0.15) is 41.5 Å². The van der Waals surface area contributed by atoms with Gasteiger partial charge in [-0.15, -0.1) is 0 Å². The van der Waals surface area contributed by atoms with Gasteiger partial charge in [0.25, 0.3) is 5.56 Å². The number of thioether (sulfide) groups is 1. The van der Waals surface area contributed by atoms with Gasteiger partial charge in [0.05, 0.1) is 12.2 Å². The summed E-state index contributed by atoms with van der Waals surface area (Å²) in [7, 11) is 1.84. The van der Waals surface area contributed by atoms with Crippen molar-refractivity contribution in [2.75, 3.05) is 11.9 Å². The summed E-state index contributed by atoms with van der Waals surface area (Å²) in [6.07, 6.45) is 0.204. The Bertz CT molecular complexity index is 1170. The predicted octanol–water partition coefficient (Wildman–Crippen LogP) is 4.25. The minimum atomic E-state index is -0.355. The Kier molecular flexibility index (Phi) is 6.13. The number of aromatic nitrogens is 2. The number of rotatable bonds is 6. The number of anilines is 1. The SMILES string of the molecule is CCOc1cccc([C@H]2CC(=O)Nc3c2c(=O)nc(SCc2ccc(C)cc2)n3C)c1. The zero-order valence-corrected chi connectivity index (χ0v) is 18.7. The summed E-state index contributed by atoms with van der Waals surface area (Å²) < 4.78 is 7.42. The molecule has 0 unspecified atom stereocenters. The minimum absolute atomic E-state index is 0.116. The number of hydrogen-bond acceptors (Lipinski definition) is 5. The molecule has 1 aliphatic heterocycles. The molecule has 6 nitrogen and oxygen atoms in total. The van der Waals surface area contributed by atoms with Crippen molar-refractivity contribution in [3.63, 3.8) is 0 Å². The van der Waals surface area contributed by atoms with Crippen LogP contribution in [-0.4, -0.2) is 22.1 Å². The summed E-state index contributed by atoms with van der Waals surface area (Å²) in [5.74, 6) is 1.46. The van der Waals surface area contributed by atoms with Gasteiger partial charge >= 0.3 is 0 Å². The number of carbonyl (C=O) groups excluding carboxylic acids is 1. The number of fused-ring (bicyclic) bond motifs is 1. The van der Waals surface area contributed by atoms with Crippen LogP contribution in [0.15, 0.2) is 58.5 Å². The molecule has 1 atom stereocenters. The first-order valence-electron chi connectivity index (χ1n) is 10.3. The quantitative estimate of drug-likeness (QED) is 0.463. The second-order valence-corrected chi connectivity index (χ2v) is 8.55. The Morgan fingerprint density at radius 3 is 2.71 bits per heavy atom. The molecular weight excluding hydrogens is 410 g/mol. The molecule has 0 saturated heterocycles. The van der Waals surface area contributed by atoms with E-state index in [1.807, 2.05) is 42.8 Å². The van der Waals surface area contributed by atoms with Crippen LogP contribution in [0.5, 0.6) is 5.75 Å². The fraction of sp³-hybridized carbons (Fsp3) is 0.292. The lowest BCUT2D eigenvalue weighted by molar-refractivity contribution is -0.116. The van der Waals surface area contributed by atoms with Crippen LogP contribution in [0.2, 0.25) is 0 Å². The van der Waals surface area contributed by atoms with Crippen molar-refractivity contribution >= 4 is 23.5 Å². The third-order valence-corrected chi connectivity index (χ3v) is 6.46. The molecule has 2 heterocycles. The van der Waals surface area contributed by atoms with E-state index in [0.717, 1.165) is 16.9 Å². The van der Waals surface area contributed by atoms with Crippen molar-refractivity contribution in [2.45, 2.75) is 37.1 Å². The highest BCUT2D eigenvalue weighted by Gasteiger charge is 2.32. The summed E-state index contributed by atoms with van der Waals surface area (Å²) in [4.78, 5) is 30.0. The lowest BCUT2D eigenvalue weighted by Crippen LogP contribution is -2.33. The van der Waals surface area contributed by atoms with E-state index >= 15 is 0 Å². The van der Waals surface area contributed by atoms with Gasteiger partial charge in [-0.3, -0.25) is 9.59 Å². The maximum absolute atomic E-state index is 13.1. The van der Waals surface area contributed by atoms with E-state index in [0.29, 0.717) is 28.9 Å². The standard InChI is InChI=1S/C24H25N3O3S/c1-4-30-18-7-5-6-17(12-18)19-13-20(28)25-22-21(19)23(29)26-24(27(22)3)31-14-16-10-8-15(2)9-11-16/h5-12,19H,4,13-14H2,1-3H3,(H,25,28)/t19-/m1/s1. The monoisotopic (exact) mass is 435 g/mol. The lowest BCUT2D eigenvalue weighted by Gasteiger charge is -2.27. The maximum atomic E-state index is 13.1. The molecule has 0 bridgehead atoms. The van der Waals surface area contributed by atoms with Crippen molar-refractivity contribution in [2.24, 2.45) is 7.05 Å². The van der Waals surface area contributed by atoms with Crippen LogP contribution >= 0.6 is 11.8 Å². The summed E-state index contributed by atoms with van der Waals surface area (Å²) in [6.45, 7) is 4.52. The number of carbonyl (C=O) groups is 1. The van der Waals surface area contributed by atoms with Gasteiger partial charge in [0.2, 0.25) is 5.91 Å². The van der Waals surface area contributed by atoms with Crippen LogP contribution in [0.25, 0.3) is 0 Å². The number of aryl methyl sites for hydroxylation is 1. The second kappa shape index (κ2) is 8.98. The zero-order chi connectivity index (χ0) is 22.0. The largest absolute Gasteiger partial charge is 0.494 e. The van der Waals surface area contributed by atoms with Crippen LogP contribution in [0.3, 0.4) is 0 Å². The average Bonchev–Trinajstić information content (AvgIpc) is 2.76. The molecule has 1 amide bonds. The topological polar surface area (TPSA) is 73.2 Å². The van der Waals surface area contributed by atoms with Gasteiger partial charge in [0.15, 0.2) is 5.16 Å². The third kappa shape index (κ3) is 4.51. The van der Waals surface area contributed by atoms with E-state index in [2.05, 4.69) is 41.5 Å². The molecule has 4 rings (SSSR count). The van der Waals surface area contributed by atoms with E-state index in [1.54, 1.807) is 0 Å². The van der Waals surface area contributed by atoms with Crippen molar-refractivity contribution in [3.05, 3.63) is 81.1 Å². The number of nitrogens with one attached hydrogen (secondary N) is 1. The van der Waals surface area contributed by atoms with Crippen molar-refractivity contribution in [1.82, 2.24) is 9.55 Å². The molecule has 0 spiro atoms. The lowest BCUT2D eigenvalue weighted by atomic mass is 9.86. The molecular formula is C24H25N3O3S. The van der Waals surface area contributed by atoms with Crippen molar-refractivity contribution in [1.29, 1.82) is 0 Å². The molecule has 1 aromatic heterocycles. The van der Waals surface area contributed by atoms with Gasteiger partial charge in [-0.25, -0.2) is 0 Å². The van der Waals surface area contributed by atoms with E-state index < -0.39 is 0 Å².